The number of pyridine rings is 1. The number of likely N-dealkylation sites (N-methyl/N-ethyl adjacent to an activating group) is 1. The molecule has 0 saturated heterocycles. The van der Waals surface area contributed by atoms with Gasteiger partial charge in [0.15, 0.2) is 0 Å². The van der Waals surface area contributed by atoms with Gasteiger partial charge in [0.1, 0.15) is 36.2 Å². The van der Waals surface area contributed by atoms with Gasteiger partial charge in [0.25, 0.3) is 0 Å². The Bertz CT molecular complexity index is 1370. The Morgan fingerprint density at radius 3 is 2.97 bits per heavy atom. The molecule has 0 bridgehead atoms. The maximum atomic E-state index is 13.7. The number of anilines is 1. The number of carbonyl (C=O) groups excluding carboxylic acids is 1. The molecule has 0 aliphatic carbocycles. The standard InChI is InChI=1S/C27H27FN4O3/c1-32(2)11-12-34-25-15-17(21-7-9-29-26-22(21)8-10-30-26)3-5-23(25)31-27(33)19-13-18-14-20(28)4-6-24(18)35-16-19/h3-10,14-15,19H,11-13,16H2,1-2H3,(H,29,30)(H,31,33). The van der Waals surface area contributed by atoms with Crippen molar-refractivity contribution in [3.63, 3.8) is 0 Å². The van der Waals surface area contributed by atoms with Crippen molar-refractivity contribution in [3.8, 4) is 22.6 Å². The Labute approximate surface area is 202 Å². The van der Waals surface area contributed by atoms with Crippen LogP contribution in [0.1, 0.15) is 5.56 Å². The molecule has 1 unspecified atom stereocenters. The Hall–Kier alpha value is -3.91. The fourth-order valence-corrected chi connectivity index (χ4v) is 4.23. The van der Waals surface area contributed by atoms with Crippen LogP contribution in [0.25, 0.3) is 22.2 Å². The highest BCUT2D eigenvalue weighted by atomic mass is 19.1. The number of H-pyrrole nitrogens is 1. The average molecular weight is 475 g/mol. The summed E-state index contributed by atoms with van der Waals surface area (Å²) in [5, 5.41) is 4.01. The average Bonchev–Trinajstić information content (AvgIpc) is 3.33. The molecule has 0 radical (unpaired) electrons. The minimum absolute atomic E-state index is 0.193. The number of aromatic nitrogens is 2. The van der Waals surface area contributed by atoms with E-state index in [1.54, 1.807) is 12.3 Å². The number of fused-ring (bicyclic) bond motifs is 2. The Morgan fingerprint density at radius 2 is 2.11 bits per heavy atom. The number of amides is 1. The molecule has 5 rings (SSSR count). The van der Waals surface area contributed by atoms with Crippen molar-refractivity contribution in [1.29, 1.82) is 0 Å². The highest BCUT2D eigenvalue weighted by Gasteiger charge is 2.27. The van der Waals surface area contributed by atoms with Crippen LogP contribution in [-0.4, -0.2) is 54.6 Å². The molecule has 0 fully saturated rings. The number of aromatic amines is 1. The van der Waals surface area contributed by atoms with Gasteiger partial charge in [0.2, 0.25) is 5.91 Å². The number of ether oxygens (including phenoxy) is 2. The monoisotopic (exact) mass is 474 g/mol. The van der Waals surface area contributed by atoms with Gasteiger partial charge in [0.05, 0.1) is 11.6 Å². The second-order valence-electron chi connectivity index (χ2n) is 8.91. The third kappa shape index (κ3) is 4.97. The predicted molar refractivity (Wildman–Crippen MR) is 133 cm³/mol. The van der Waals surface area contributed by atoms with Crippen molar-refractivity contribution < 1.29 is 18.7 Å². The number of rotatable bonds is 7. The maximum Gasteiger partial charge on any atom is 0.231 e. The van der Waals surface area contributed by atoms with Gasteiger partial charge in [0, 0.05) is 24.3 Å². The summed E-state index contributed by atoms with van der Waals surface area (Å²) in [6.45, 7) is 1.43. The third-order valence-electron chi connectivity index (χ3n) is 6.11. The van der Waals surface area contributed by atoms with Crippen molar-refractivity contribution in [1.82, 2.24) is 14.9 Å². The zero-order valence-corrected chi connectivity index (χ0v) is 19.7. The number of nitrogens with zero attached hydrogens (tertiary/aromatic N) is 2. The van der Waals surface area contributed by atoms with Crippen molar-refractivity contribution in [3.05, 3.63) is 72.3 Å². The van der Waals surface area contributed by atoms with Gasteiger partial charge in [-0.1, -0.05) is 6.07 Å². The zero-order chi connectivity index (χ0) is 24.4. The summed E-state index contributed by atoms with van der Waals surface area (Å²) in [6, 6.07) is 14.1. The van der Waals surface area contributed by atoms with Crippen LogP contribution in [0.15, 0.2) is 60.9 Å². The van der Waals surface area contributed by atoms with Crippen molar-refractivity contribution in [2.24, 2.45) is 5.92 Å². The van der Waals surface area contributed by atoms with E-state index in [2.05, 4.69) is 15.3 Å². The molecule has 2 aromatic heterocycles. The fraction of sp³-hybridized carbons (Fsp3) is 0.259. The first kappa shape index (κ1) is 22.9. The molecule has 0 saturated carbocycles. The normalized spacial score (nSPS) is 15.0. The van der Waals surface area contributed by atoms with Gasteiger partial charge in [-0.15, -0.1) is 0 Å². The summed E-state index contributed by atoms with van der Waals surface area (Å²) in [7, 11) is 3.96. The molecule has 7 nitrogen and oxygen atoms in total. The van der Waals surface area contributed by atoms with Gasteiger partial charge in [-0.3, -0.25) is 4.79 Å². The highest BCUT2D eigenvalue weighted by molar-refractivity contribution is 5.97. The molecule has 180 valence electrons. The van der Waals surface area contributed by atoms with Crippen LogP contribution in [0.5, 0.6) is 11.5 Å². The van der Waals surface area contributed by atoms with E-state index in [1.165, 1.54) is 12.1 Å². The smallest absolute Gasteiger partial charge is 0.231 e. The largest absolute Gasteiger partial charge is 0.492 e. The Morgan fingerprint density at radius 1 is 1.23 bits per heavy atom. The van der Waals surface area contributed by atoms with Gasteiger partial charge >= 0.3 is 0 Å². The molecule has 8 heteroatoms. The van der Waals surface area contributed by atoms with Gasteiger partial charge < -0.3 is 24.7 Å². The van der Waals surface area contributed by atoms with E-state index in [0.717, 1.165) is 28.7 Å². The number of hydrogen-bond donors (Lipinski definition) is 2. The first-order chi connectivity index (χ1) is 17.0. The first-order valence-electron chi connectivity index (χ1n) is 11.5. The lowest BCUT2D eigenvalue weighted by Gasteiger charge is -2.25. The summed E-state index contributed by atoms with van der Waals surface area (Å²) in [5.74, 6) is 0.246. The minimum Gasteiger partial charge on any atom is -0.492 e. The fourth-order valence-electron chi connectivity index (χ4n) is 4.23. The van der Waals surface area contributed by atoms with Crippen molar-refractivity contribution >= 4 is 22.6 Å². The molecule has 1 amide bonds. The minimum atomic E-state index is -0.432. The van der Waals surface area contributed by atoms with E-state index in [4.69, 9.17) is 9.47 Å². The molecular weight excluding hydrogens is 447 g/mol. The summed E-state index contributed by atoms with van der Waals surface area (Å²) in [4.78, 5) is 22.7. The molecule has 35 heavy (non-hydrogen) atoms. The quantitative estimate of drug-likeness (QED) is 0.412. The molecule has 0 spiro atoms. The van der Waals surface area contributed by atoms with Gasteiger partial charge in [-0.25, -0.2) is 9.37 Å². The molecule has 2 aromatic carbocycles. The third-order valence-corrected chi connectivity index (χ3v) is 6.11. The zero-order valence-electron chi connectivity index (χ0n) is 19.7. The SMILES string of the molecule is CN(C)CCOc1cc(-c2ccnc3[nH]ccc23)ccc1NC(=O)C1COc2ccc(F)cc2C1. The van der Waals surface area contributed by atoms with Crippen LogP contribution in [0.4, 0.5) is 10.1 Å². The summed E-state index contributed by atoms with van der Waals surface area (Å²) in [6.07, 6.45) is 4.04. The van der Waals surface area contributed by atoms with E-state index in [0.29, 0.717) is 35.8 Å². The maximum absolute atomic E-state index is 13.7. The van der Waals surface area contributed by atoms with E-state index in [9.17, 15) is 9.18 Å². The number of halogens is 1. The number of benzene rings is 2. The predicted octanol–water partition coefficient (Wildman–Crippen LogP) is 4.50. The van der Waals surface area contributed by atoms with Crippen molar-refractivity contribution in [2.75, 3.05) is 39.2 Å². The van der Waals surface area contributed by atoms with Crippen LogP contribution >= 0.6 is 0 Å². The highest BCUT2D eigenvalue weighted by Crippen LogP contribution is 2.35. The van der Waals surface area contributed by atoms with E-state index in [-0.39, 0.29) is 18.3 Å². The molecule has 1 aliphatic heterocycles. The van der Waals surface area contributed by atoms with Crippen LogP contribution in [0.2, 0.25) is 0 Å². The summed E-state index contributed by atoms with van der Waals surface area (Å²) < 4.78 is 25.5. The van der Waals surface area contributed by atoms with Crippen LogP contribution in [0, 0.1) is 11.7 Å². The van der Waals surface area contributed by atoms with E-state index < -0.39 is 5.92 Å². The Kier molecular flexibility index (Phi) is 6.37. The molecule has 1 atom stereocenters. The first-order valence-corrected chi connectivity index (χ1v) is 11.5. The van der Waals surface area contributed by atoms with Gasteiger partial charge in [-0.2, -0.15) is 0 Å². The number of carbonyl (C=O) groups is 1. The van der Waals surface area contributed by atoms with Gasteiger partial charge in [-0.05, 0) is 79.7 Å². The lowest BCUT2D eigenvalue weighted by molar-refractivity contribution is -0.121. The summed E-state index contributed by atoms with van der Waals surface area (Å²) >= 11 is 0. The lowest BCUT2D eigenvalue weighted by atomic mass is 9.95. The second-order valence-corrected chi connectivity index (χ2v) is 8.91. The molecular formula is C27H27FN4O3. The molecule has 3 heterocycles. The number of nitrogens with one attached hydrogen (secondary N) is 2. The molecule has 4 aromatic rings. The van der Waals surface area contributed by atoms with Crippen LogP contribution in [-0.2, 0) is 11.2 Å². The van der Waals surface area contributed by atoms with E-state index in [1.807, 2.05) is 55.5 Å². The lowest BCUT2D eigenvalue weighted by Crippen LogP contribution is -2.32. The molecule has 1 aliphatic rings. The second kappa shape index (κ2) is 9.76. The van der Waals surface area contributed by atoms with E-state index >= 15 is 0 Å². The number of hydrogen-bond acceptors (Lipinski definition) is 5. The van der Waals surface area contributed by atoms with Crippen LogP contribution < -0.4 is 14.8 Å². The van der Waals surface area contributed by atoms with Crippen molar-refractivity contribution in [2.45, 2.75) is 6.42 Å². The molecule has 2 N–H and O–H groups in total. The summed E-state index contributed by atoms with van der Waals surface area (Å²) in [5.41, 5.74) is 4.07. The Balaban J connectivity index is 1.40. The topological polar surface area (TPSA) is 79.5 Å². The van der Waals surface area contributed by atoms with Crippen LogP contribution in [0.3, 0.4) is 0 Å².